The molecule has 5 rings (SSSR count). The molecule has 160 valence electrons. The van der Waals surface area contributed by atoms with Crippen LogP contribution in [-0.2, 0) is 12.8 Å². The van der Waals surface area contributed by atoms with E-state index in [9.17, 15) is 10.1 Å². The van der Waals surface area contributed by atoms with Crippen molar-refractivity contribution >= 4 is 23.9 Å². The molecule has 2 saturated heterocycles. The predicted molar refractivity (Wildman–Crippen MR) is 122 cm³/mol. The number of hydrogen-bond donors (Lipinski definition) is 2. The number of aromatic nitrogens is 1. The lowest BCUT2D eigenvalue weighted by atomic mass is 9.97. The van der Waals surface area contributed by atoms with Crippen molar-refractivity contribution in [2.75, 3.05) is 32.0 Å². The van der Waals surface area contributed by atoms with Crippen LogP contribution in [0.4, 0.5) is 10.5 Å². The summed E-state index contributed by atoms with van der Waals surface area (Å²) in [6, 6.07) is 10.3. The molecule has 7 nitrogen and oxygen atoms in total. The van der Waals surface area contributed by atoms with Gasteiger partial charge in [0.25, 0.3) is 0 Å². The molecule has 2 aromatic rings. The maximum absolute atomic E-state index is 12.8. The highest BCUT2D eigenvalue weighted by Gasteiger charge is 2.40. The van der Waals surface area contributed by atoms with E-state index in [2.05, 4.69) is 43.4 Å². The lowest BCUT2D eigenvalue weighted by Gasteiger charge is -2.20. The molecule has 2 fully saturated rings. The quantitative estimate of drug-likeness (QED) is 0.718. The smallest absolute Gasteiger partial charge is 0.306 e. The second-order valence-electron chi connectivity index (χ2n) is 8.61. The highest BCUT2D eigenvalue weighted by Crippen LogP contribution is 2.38. The fourth-order valence-electron chi connectivity index (χ4n) is 5.16. The fourth-order valence-corrected chi connectivity index (χ4v) is 5.92. The summed E-state index contributed by atoms with van der Waals surface area (Å²) in [6.07, 6.45) is 5.95. The van der Waals surface area contributed by atoms with E-state index in [1.807, 2.05) is 12.1 Å². The Balaban J connectivity index is 1.32. The van der Waals surface area contributed by atoms with Crippen LogP contribution in [0.1, 0.15) is 29.7 Å². The van der Waals surface area contributed by atoms with Gasteiger partial charge in [-0.2, -0.15) is 5.26 Å². The molecule has 2 unspecified atom stereocenters. The van der Waals surface area contributed by atoms with E-state index in [-0.39, 0.29) is 6.03 Å². The highest BCUT2D eigenvalue weighted by atomic mass is 32.2. The van der Waals surface area contributed by atoms with Crippen molar-refractivity contribution in [3.63, 3.8) is 0 Å². The summed E-state index contributed by atoms with van der Waals surface area (Å²) < 4.78 is 5.23. The third-order valence-corrected chi connectivity index (χ3v) is 7.60. The third kappa shape index (κ3) is 4.01. The fraction of sp³-hybridized carbons (Fsp3) is 0.435. The molecule has 1 aromatic heterocycles. The zero-order valence-corrected chi connectivity index (χ0v) is 18.4. The zero-order chi connectivity index (χ0) is 21.4. The minimum Gasteiger partial charge on any atom is -0.306 e. The number of fused-ring (bicyclic) bond motifs is 2. The van der Waals surface area contributed by atoms with Gasteiger partial charge >= 0.3 is 6.03 Å². The van der Waals surface area contributed by atoms with Crippen LogP contribution in [0.2, 0.25) is 0 Å². The second-order valence-corrected chi connectivity index (χ2v) is 9.52. The summed E-state index contributed by atoms with van der Waals surface area (Å²) in [4.78, 5) is 19.3. The van der Waals surface area contributed by atoms with Crippen LogP contribution >= 0.6 is 12.1 Å². The number of hydrogen-bond acceptors (Lipinski definition) is 6. The minimum absolute atomic E-state index is 0.216. The summed E-state index contributed by atoms with van der Waals surface area (Å²) in [5.74, 6) is 0.701. The van der Waals surface area contributed by atoms with E-state index in [0.29, 0.717) is 17.7 Å². The average molecular weight is 435 g/mol. The summed E-state index contributed by atoms with van der Waals surface area (Å²) >= 11 is 1.40. The Labute approximate surface area is 187 Å². The Morgan fingerprint density at radius 1 is 1.29 bits per heavy atom. The van der Waals surface area contributed by atoms with Gasteiger partial charge in [-0.3, -0.25) is 4.72 Å². The minimum atomic E-state index is -0.216. The molecule has 0 radical (unpaired) electrons. The largest absolute Gasteiger partial charge is 0.330 e. The van der Waals surface area contributed by atoms with Gasteiger partial charge in [-0.1, -0.05) is 12.1 Å². The number of pyridine rings is 1. The van der Waals surface area contributed by atoms with E-state index >= 15 is 0 Å². The van der Waals surface area contributed by atoms with Crippen LogP contribution in [0.25, 0.3) is 11.1 Å². The first-order chi connectivity index (χ1) is 15.1. The maximum Gasteiger partial charge on any atom is 0.330 e. The van der Waals surface area contributed by atoms with Crippen molar-refractivity contribution in [2.45, 2.75) is 31.7 Å². The summed E-state index contributed by atoms with van der Waals surface area (Å²) in [6.45, 7) is 3.16. The molecular weight excluding hydrogens is 408 g/mol. The summed E-state index contributed by atoms with van der Waals surface area (Å²) in [5.41, 5.74) is 5.52. The molecule has 2 atom stereocenters. The molecule has 3 heterocycles. The lowest BCUT2D eigenvalue weighted by molar-refractivity contribution is 0.257. The molecule has 0 spiro atoms. The van der Waals surface area contributed by atoms with Crippen molar-refractivity contribution in [1.29, 1.82) is 5.26 Å². The number of rotatable bonds is 4. The molecule has 2 aliphatic heterocycles. The number of urea groups is 1. The standard InChI is InChI=1S/C23H26N6OS/c1-28-10-8-17-13-29(14-21(17)28)31-27-23(30)26-22-19-4-2-3-15(19)5-6-20(22)16-7-9-25-18(11-16)12-24/h5-7,9,11,17,21H,2-4,8,10,13-14H2,1H3,(H2,26,27,30). The Morgan fingerprint density at radius 3 is 3.03 bits per heavy atom. The van der Waals surface area contributed by atoms with Gasteiger partial charge in [0.05, 0.1) is 5.69 Å². The Morgan fingerprint density at radius 2 is 2.19 bits per heavy atom. The van der Waals surface area contributed by atoms with Crippen molar-refractivity contribution in [3.05, 3.63) is 47.3 Å². The lowest BCUT2D eigenvalue weighted by Crippen LogP contribution is -2.32. The highest BCUT2D eigenvalue weighted by molar-refractivity contribution is 7.95. The molecule has 3 aliphatic rings. The molecule has 8 heteroatoms. The number of likely N-dealkylation sites (tertiary alicyclic amines) is 1. The molecule has 1 aliphatic carbocycles. The van der Waals surface area contributed by atoms with Gasteiger partial charge in [-0.05, 0) is 74.0 Å². The molecule has 0 saturated carbocycles. The first-order valence-corrected chi connectivity index (χ1v) is 11.6. The number of anilines is 1. The van der Waals surface area contributed by atoms with Gasteiger partial charge < -0.3 is 10.2 Å². The van der Waals surface area contributed by atoms with Crippen molar-refractivity contribution in [2.24, 2.45) is 5.92 Å². The normalized spacial score (nSPS) is 22.7. The number of likely N-dealkylation sites (N-methyl/N-ethyl adjacent to an activating group) is 1. The molecule has 2 N–H and O–H groups in total. The van der Waals surface area contributed by atoms with Crippen LogP contribution in [0.15, 0.2) is 30.5 Å². The van der Waals surface area contributed by atoms with Crippen molar-refractivity contribution in [1.82, 2.24) is 18.9 Å². The molecular formula is C23H26N6OS. The predicted octanol–water partition coefficient (Wildman–Crippen LogP) is 3.43. The van der Waals surface area contributed by atoms with Crippen molar-refractivity contribution in [3.8, 4) is 17.2 Å². The van der Waals surface area contributed by atoms with Crippen LogP contribution in [-0.4, -0.2) is 52.9 Å². The Kier molecular flexibility index (Phi) is 5.57. The number of benzene rings is 1. The summed E-state index contributed by atoms with van der Waals surface area (Å²) in [5, 5.41) is 12.3. The van der Waals surface area contributed by atoms with E-state index < -0.39 is 0 Å². The Hall–Kier alpha value is -2.60. The molecule has 1 aromatic carbocycles. The van der Waals surface area contributed by atoms with Crippen LogP contribution in [0, 0.1) is 17.2 Å². The van der Waals surface area contributed by atoms with E-state index in [0.717, 1.165) is 49.2 Å². The number of carbonyl (C=O) groups is 1. The number of amides is 2. The van der Waals surface area contributed by atoms with Crippen LogP contribution < -0.4 is 10.0 Å². The van der Waals surface area contributed by atoms with Gasteiger partial charge in [-0.25, -0.2) is 14.1 Å². The Bertz CT molecular complexity index is 1050. The number of aryl methyl sites for hydroxylation is 1. The van der Waals surface area contributed by atoms with Crippen LogP contribution in [0.3, 0.4) is 0 Å². The van der Waals surface area contributed by atoms with Gasteiger partial charge in [0, 0.05) is 43.0 Å². The number of nitrogens with zero attached hydrogens (tertiary/aromatic N) is 4. The van der Waals surface area contributed by atoms with Gasteiger partial charge in [0.2, 0.25) is 0 Å². The van der Waals surface area contributed by atoms with Gasteiger partial charge in [0.1, 0.15) is 11.8 Å². The molecule has 0 bridgehead atoms. The van der Waals surface area contributed by atoms with Gasteiger partial charge in [-0.15, -0.1) is 0 Å². The monoisotopic (exact) mass is 434 g/mol. The van der Waals surface area contributed by atoms with Crippen LogP contribution in [0.5, 0.6) is 0 Å². The van der Waals surface area contributed by atoms with Gasteiger partial charge in [0.15, 0.2) is 0 Å². The first kappa shape index (κ1) is 20.3. The zero-order valence-electron chi connectivity index (χ0n) is 17.6. The van der Waals surface area contributed by atoms with E-state index in [4.69, 9.17) is 0 Å². The topological polar surface area (TPSA) is 84.3 Å². The van der Waals surface area contributed by atoms with Crippen molar-refractivity contribution < 1.29 is 4.79 Å². The summed E-state index contributed by atoms with van der Waals surface area (Å²) in [7, 11) is 2.19. The second kappa shape index (κ2) is 8.50. The maximum atomic E-state index is 12.8. The number of nitrogens with one attached hydrogen (secondary N) is 2. The van der Waals surface area contributed by atoms with E-state index in [1.165, 1.54) is 36.2 Å². The number of carbonyl (C=O) groups excluding carboxylic acids is 1. The SMILES string of the molecule is CN1CCC2CN(SNC(=O)Nc3c(-c4ccnc(C#N)c4)ccc4c3CCC4)CC21. The third-order valence-electron chi connectivity index (χ3n) is 6.77. The first-order valence-electron chi connectivity index (χ1n) is 10.8. The average Bonchev–Trinajstić information content (AvgIpc) is 3.50. The van der Waals surface area contributed by atoms with E-state index in [1.54, 1.807) is 12.3 Å². The number of nitriles is 1. The molecule has 2 amide bonds. The molecule has 31 heavy (non-hydrogen) atoms.